The molecule has 3 rings (SSSR count). The molecule has 1 saturated heterocycles. The lowest BCUT2D eigenvalue weighted by molar-refractivity contribution is -0.137. The Morgan fingerprint density at radius 1 is 0.667 bits per heavy atom. The van der Waals surface area contributed by atoms with Crippen LogP contribution in [0.3, 0.4) is 0 Å². The second-order valence-electron chi connectivity index (χ2n) is 9.41. The third-order valence-electron chi connectivity index (χ3n) is 6.03. The Kier molecular flexibility index (Phi) is 18.4. The number of aliphatic carboxylic acids is 5. The van der Waals surface area contributed by atoms with Crippen LogP contribution < -0.4 is 0 Å². The van der Waals surface area contributed by atoms with E-state index >= 15 is 0 Å². The maximum atomic E-state index is 13.3. The molecule has 244 valence electrons. The maximum absolute atomic E-state index is 13.3. The van der Waals surface area contributed by atoms with Gasteiger partial charge in [-0.15, -0.1) is 0 Å². The molecule has 13 nitrogen and oxygen atoms in total. The second kappa shape index (κ2) is 21.7. The molecule has 1 heterocycles. The summed E-state index contributed by atoms with van der Waals surface area (Å²) in [6.07, 6.45) is 2.96. The van der Waals surface area contributed by atoms with Crippen molar-refractivity contribution in [3.05, 3.63) is 95.8 Å². The van der Waals surface area contributed by atoms with Gasteiger partial charge in [0.05, 0.1) is 6.61 Å². The first-order valence-corrected chi connectivity index (χ1v) is 13.7. The first kappa shape index (κ1) is 38.1. The number of hydrogen-bond donors (Lipinski definition) is 5. The van der Waals surface area contributed by atoms with Gasteiger partial charge in [-0.25, -0.2) is 23.6 Å². The van der Waals surface area contributed by atoms with Crippen LogP contribution in [0, 0.1) is 5.82 Å². The van der Waals surface area contributed by atoms with E-state index in [0.29, 0.717) is 37.3 Å². The van der Waals surface area contributed by atoms with E-state index in [2.05, 4.69) is 9.80 Å². The van der Waals surface area contributed by atoms with E-state index in [-0.39, 0.29) is 18.3 Å². The number of ether oxygens (including phenoxy) is 1. The fourth-order valence-corrected chi connectivity index (χ4v) is 3.93. The van der Waals surface area contributed by atoms with Crippen molar-refractivity contribution in [2.24, 2.45) is 0 Å². The first-order chi connectivity index (χ1) is 21.4. The molecule has 14 heteroatoms. The van der Waals surface area contributed by atoms with E-state index in [0.717, 1.165) is 50.4 Å². The van der Waals surface area contributed by atoms with Crippen LogP contribution in [0.25, 0.3) is 0 Å². The van der Waals surface area contributed by atoms with E-state index in [4.69, 9.17) is 30.3 Å². The van der Waals surface area contributed by atoms with Gasteiger partial charge in [-0.1, -0.05) is 42.5 Å². The monoisotopic (exact) mass is 632 g/mol. The molecule has 2 aromatic carbocycles. The van der Waals surface area contributed by atoms with Crippen molar-refractivity contribution in [3.8, 4) is 0 Å². The zero-order chi connectivity index (χ0) is 33.6. The Hall–Kier alpha value is -4.92. The summed E-state index contributed by atoms with van der Waals surface area (Å²) in [5.74, 6) is -6.00. The Morgan fingerprint density at radius 3 is 1.51 bits per heavy atom. The van der Waals surface area contributed by atoms with Crippen molar-refractivity contribution in [3.63, 3.8) is 0 Å². The van der Waals surface area contributed by atoms with Crippen LogP contribution in [0.4, 0.5) is 4.39 Å². The van der Waals surface area contributed by atoms with Gasteiger partial charge in [0.1, 0.15) is 11.9 Å². The maximum Gasteiger partial charge on any atom is 0.328 e. The molecule has 0 spiro atoms. The number of carbonyl (C=O) groups is 5. The Morgan fingerprint density at radius 2 is 1.09 bits per heavy atom. The smallest absolute Gasteiger partial charge is 0.328 e. The predicted molar refractivity (Wildman–Crippen MR) is 159 cm³/mol. The third-order valence-corrected chi connectivity index (χ3v) is 6.03. The number of carboxylic acids is 5. The molecule has 1 aliphatic rings. The molecule has 0 radical (unpaired) electrons. The molecule has 1 atom stereocenters. The molecule has 0 aliphatic carbocycles. The molecule has 0 bridgehead atoms. The zero-order valence-corrected chi connectivity index (χ0v) is 24.4. The SMILES string of the molecule is O=C(O)/C=C\C(=O)O.O=C(O)/C=C\C(=O)O.O=C(O)CCCN1CCN(CCOC(c2ccccc2)c2ccc(F)cc2)CC1. The van der Waals surface area contributed by atoms with Crippen molar-refractivity contribution in [2.45, 2.75) is 18.9 Å². The number of rotatable bonds is 14. The van der Waals surface area contributed by atoms with Gasteiger partial charge in [-0.2, -0.15) is 0 Å². The zero-order valence-electron chi connectivity index (χ0n) is 24.4. The largest absolute Gasteiger partial charge is 0.481 e. The van der Waals surface area contributed by atoms with E-state index in [9.17, 15) is 28.4 Å². The fourth-order valence-electron chi connectivity index (χ4n) is 3.93. The third kappa shape index (κ3) is 19.1. The second-order valence-corrected chi connectivity index (χ2v) is 9.41. The van der Waals surface area contributed by atoms with Gasteiger partial charge in [0.2, 0.25) is 0 Å². The van der Waals surface area contributed by atoms with Gasteiger partial charge in [-0.05, 0) is 36.2 Å². The van der Waals surface area contributed by atoms with E-state index < -0.39 is 29.8 Å². The summed E-state index contributed by atoms with van der Waals surface area (Å²) < 4.78 is 19.5. The molecular formula is C31H37FN2O11. The van der Waals surface area contributed by atoms with Gasteiger partial charge in [0, 0.05) is 63.4 Å². The van der Waals surface area contributed by atoms with Crippen molar-refractivity contribution >= 4 is 29.8 Å². The number of halogens is 1. The van der Waals surface area contributed by atoms with E-state index in [1.165, 1.54) is 12.1 Å². The van der Waals surface area contributed by atoms with E-state index in [1.54, 1.807) is 12.1 Å². The summed E-state index contributed by atoms with van der Waals surface area (Å²) in [4.78, 5) is 53.5. The quantitative estimate of drug-likeness (QED) is 0.191. The highest BCUT2D eigenvalue weighted by Crippen LogP contribution is 2.26. The Labute approximate surface area is 259 Å². The number of hydrogen-bond acceptors (Lipinski definition) is 8. The van der Waals surface area contributed by atoms with Crippen LogP contribution in [-0.2, 0) is 28.7 Å². The molecular weight excluding hydrogens is 595 g/mol. The van der Waals surface area contributed by atoms with E-state index in [1.807, 2.05) is 30.3 Å². The van der Waals surface area contributed by atoms with Gasteiger partial charge in [-0.3, -0.25) is 9.69 Å². The van der Waals surface area contributed by atoms with Gasteiger partial charge >= 0.3 is 29.8 Å². The summed E-state index contributed by atoms with van der Waals surface area (Å²) in [5.41, 5.74) is 2.00. The summed E-state index contributed by atoms with van der Waals surface area (Å²) in [7, 11) is 0. The van der Waals surface area contributed by atoms with Gasteiger partial charge in [0.15, 0.2) is 0 Å². The molecule has 1 fully saturated rings. The van der Waals surface area contributed by atoms with Crippen LogP contribution in [-0.4, -0.2) is 111 Å². The van der Waals surface area contributed by atoms with Crippen LogP contribution in [0.2, 0.25) is 0 Å². The number of nitrogens with zero attached hydrogens (tertiary/aromatic N) is 2. The summed E-state index contributed by atoms with van der Waals surface area (Å²) in [6, 6.07) is 16.5. The minimum Gasteiger partial charge on any atom is -0.481 e. The van der Waals surface area contributed by atoms with Crippen molar-refractivity contribution in [1.82, 2.24) is 9.80 Å². The molecule has 1 unspecified atom stereocenters. The molecule has 45 heavy (non-hydrogen) atoms. The normalized spacial score (nSPS) is 14.1. The van der Waals surface area contributed by atoms with Crippen LogP contribution in [0.1, 0.15) is 30.1 Å². The number of benzene rings is 2. The number of piperazine rings is 1. The standard InChI is InChI=1S/C23H29FN2O3.2C4H4O4/c24-21-10-8-20(9-11-21)23(19-5-2-1-3-6-19)29-18-17-26-15-13-25(14-16-26)12-4-7-22(27)28;2*5-3(6)1-2-4(7)8/h1-3,5-6,8-11,23H,4,7,12-18H2,(H,27,28);2*1-2H,(H,5,6)(H,7,8)/b;2*2-1-. The number of carboxylic acid groups (broad SMARTS) is 5. The molecule has 0 saturated carbocycles. The van der Waals surface area contributed by atoms with Crippen molar-refractivity contribution in [1.29, 1.82) is 0 Å². The molecule has 0 aromatic heterocycles. The Balaban J connectivity index is 0.000000521. The predicted octanol–water partition coefficient (Wildman–Crippen LogP) is 2.84. The molecule has 2 aromatic rings. The van der Waals surface area contributed by atoms with Gasteiger partial charge < -0.3 is 35.2 Å². The van der Waals surface area contributed by atoms with Gasteiger partial charge in [0.25, 0.3) is 0 Å². The lowest BCUT2D eigenvalue weighted by atomic mass is 10.0. The minimum absolute atomic E-state index is 0.214. The van der Waals surface area contributed by atoms with Crippen molar-refractivity contribution < 1.29 is 58.6 Å². The van der Waals surface area contributed by atoms with Crippen LogP contribution in [0.15, 0.2) is 78.9 Å². The fraction of sp³-hybridized carbons (Fsp3) is 0.323. The minimum atomic E-state index is -1.26. The highest BCUT2D eigenvalue weighted by Gasteiger charge is 2.19. The topological polar surface area (TPSA) is 202 Å². The highest BCUT2D eigenvalue weighted by atomic mass is 19.1. The van der Waals surface area contributed by atoms with Crippen molar-refractivity contribution in [2.75, 3.05) is 45.9 Å². The summed E-state index contributed by atoms with van der Waals surface area (Å²) in [5, 5.41) is 40.0. The van der Waals surface area contributed by atoms with Crippen LogP contribution in [0.5, 0.6) is 0 Å². The molecule has 5 N–H and O–H groups in total. The van der Waals surface area contributed by atoms with Crippen LogP contribution >= 0.6 is 0 Å². The average molecular weight is 633 g/mol. The molecule has 1 aliphatic heterocycles. The summed E-state index contributed by atoms with van der Waals surface area (Å²) in [6.45, 7) is 6.12. The Bertz CT molecular complexity index is 1210. The first-order valence-electron chi connectivity index (χ1n) is 13.7. The highest BCUT2D eigenvalue weighted by molar-refractivity contribution is 5.90. The molecule has 0 amide bonds. The average Bonchev–Trinajstić information content (AvgIpc) is 2.99. The lowest BCUT2D eigenvalue weighted by Gasteiger charge is -2.34. The summed E-state index contributed by atoms with van der Waals surface area (Å²) >= 11 is 0. The lowest BCUT2D eigenvalue weighted by Crippen LogP contribution is -2.47.